The molecular formula is C28H32FN9O4. The van der Waals surface area contributed by atoms with Crippen molar-refractivity contribution in [3.8, 4) is 17.5 Å². The number of halogens is 1. The SMILES string of the molecule is COCc1nnc(NCC2CC(Nc3cc(-c4ccc5cc(C#N)cnn45)ncc3C(=O)NC[C@@H](F)C(C)(C)O)C2)o1. The molecule has 1 aliphatic carbocycles. The largest absolute Gasteiger partial charge is 0.406 e. The van der Waals surface area contributed by atoms with Crippen molar-refractivity contribution in [1.29, 1.82) is 5.26 Å². The number of ether oxygens (including phenoxy) is 1. The van der Waals surface area contributed by atoms with Crippen molar-refractivity contribution in [3.63, 3.8) is 0 Å². The van der Waals surface area contributed by atoms with Gasteiger partial charge in [0.2, 0.25) is 5.89 Å². The van der Waals surface area contributed by atoms with E-state index < -0.39 is 17.7 Å². The molecule has 42 heavy (non-hydrogen) atoms. The summed E-state index contributed by atoms with van der Waals surface area (Å²) >= 11 is 0. The zero-order valence-electron chi connectivity index (χ0n) is 23.5. The number of pyridine rings is 1. The van der Waals surface area contributed by atoms with Crippen molar-refractivity contribution in [2.75, 3.05) is 30.8 Å². The molecule has 0 aromatic carbocycles. The lowest BCUT2D eigenvalue weighted by atomic mass is 9.80. The van der Waals surface area contributed by atoms with Crippen LogP contribution >= 0.6 is 0 Å². The molecule has 0 radical (unpaired) electrons. The van der Waals surface area contributed by atoms with Gasteiger partial charge in [0.1, 0.15) is 18.8 Å². The van der Waals surface area contributed by atoms with Crippen LogP contribution in [0, 0.1) is 17.2 Å². The first-order chi connectivity index (χ1) is 20.1. The Morgan fingerprint density at radius 3 is 2.86 bits per heavy atom. The molecular weight excluding hydrogens is 545 g/mol. The minimum Gasteiger partial charge on any atom is -0.406 e. The maximum Gasteiger partial charge on any atom is 0.315 e. The lowest BCUT2D eigenvalue weighted by Crippen LogP contribution is -2.42. The third-order valence-electron chi connectivity index (χ3n) is 7.12. The van der Waals surface area contributed by atoms with Gasteiger partial charge in [0.15, 0.2) is 0 Å². The number of alkyl halides is 1. The zero-order chi connectivity index (χ0) is 29.9. The summed E-state index contributed by atoms with van der Waals surface area (Å²) in [7, 11) is 1.55. The van der Waals surface area contributed by atoms with E-state index in [1.165, 1.54) is 26.2 Å². The van der Waals surface area contributed by atoms with E-state index in [0.29, 0.717) is 47.0 Å². The monoisotopic (exact) mass is 577 g/mol. The standard InChI is InChI=1S/C28H32FN9O4/c1-28(2,40)24(29)14-32-26(39)20-13-31-22(23-5-4-19-8-17(10-30)12-34-38(19)23)9-21(20)35-18-6-16(7-18)11-33-27-37-36-25(42-27)15-41-3/h4-5,8-9,12-13,16,18,24,40H,6-7,11,14-15H2,1-3H3,(H,31,35)(H,32,39)(H,33,37)/t16?,18?,24-/m1/s1. The van der Waals surface area contributed by atoms with Crippen molar-refractivity contribution in [2.45, 2.75) is 51.1 Å². The number of methoxy groups -OCH3 is 1. The Morgan fingerprint density at radius 1 is 1.31 bits per heavy atom. The minimum atomic E-state index is -1.65. The highest BCUT2D eigenvalue weighted by Gasteiger charge is 2.31. The number of amides is 1. The second-order valence-corrected chi connectivity index (χ2v) is 10.9. The molecule has 4 aromatic heterocycles. The molecule has 1 amide bonds. The van der Waals surface area contributed by atoms with Crippen LogP contribution in [-0.2, 0) is 11.3 Å². The molecule has 1 aliphatic rings. The molecule has 14 heteroatoms. The molecule has 4 N–H and O–H groups in total. The summed E-state index contributed by atoms with van der Waals surface area (Å²) in [6.45, 7) is 3.23. The van der Waals surface area contributed by atoms with Crippen LogP contribution in [0.2, 0.25) is 0 Å². The van der Waals surface area contributed by atoms with Crippen LogP contribution < -0.4 is 16.0 Å². The minimum absolute atomic E-state index is 0.0796. The first-order valence-corrected chi connectivity index (χ1v) is 13.5. The van der Waals surface area contributed by atoms with Crippen LogP contribution in [0.15, 0.2) is 41.1 Å². The Bertz CT molecular complexity index is 1600. The van der Waals surface area contributed by atoms with Gasteiger partial charge in [0.25, 0.3) is 5.91 Å². The summed E-state index contributed by atoms with van der Waals surface area (Å²) in [5.74, 6) is 0.220. The van der Waals surface area contributed by atoms with Crippen molar-refractivity contribution >= 4 is 23.1 Å². The Balaban J connectivity index is 1.31. The van der Waals surface area contributed by atoms with Crippen LogP contribution in [0.5, 0.6) is 0 Å². The Labute approximate surface area is 241 Å². The fourth-order valence-corrected chi connectivity index (χ4v) is 4.66. The molecule has 220 valence electrons. The normalized spacial score (nSPS) is 17.3. The van der Waals surface area contributed by atoms with Crippen LogP contribution in [0.25, 0.3) is 16.9 Å². The highest BCUT2D eigenvalue weighted by molar-refractivity contribution is 6.00. The third-order valence-corrected chi connectivity index (χ3v) is 7.12. The van der Waals surface area contributed by atoms with E-state index in [9.17, 15) is 19.6 Å². The van der Waals surface area contributed by atoms with Gasteiger partial charge in [0.05, 0.1) is 52.1 Å². The van der Waals surface area contributed by atoms with Gasteiger partial charge in [-0.05, 0) is 56.9 Å². The number of carbonyl (C=O) groups excluding carboxylic acids is 1. The zero-order valence-corrected chi connectivity index (χ0v) is 23.5. The number of rotatable bonds is 12. The number of hydrogen-bond donors (Lipinski definition) is 4. The molecule has 1 atom stereocenters. The molecule has 1 saturated carbocycles. The number of nitriles is 1. The van der Waals surface area contributed by atoms with E-state index in [1.807, 2.05) is 12.1 Å². The number of aliphatic hydroxyl groups is 1. The topological polar surface area (TPSA) is 176 Å². The fraction of sp³-hybridized carbons (Fsp3) is 0.429. The predicted molar refractivity (Wildman–Crippen MR) is 150 cm³/mol. The molecule has 0 spiro atoms. The van der Waals surface area contributed by atoms with Crippen molar-refractivity contribution < 1.29 is 23.4 Å². The first-order valence-electron chi connectivity index (χ1n) is 13.5. The lowest BCUT2D eigenvalue weighted by Gasteiger charge is -2.36. The van der Waals surface area contributed by atoms with Gasteiger partial charge >= 0.3 is 6.01 Å². The lowest BCUT2D eigenvalue weighted by molar-refractivity contribution is -0.00177. The summed E-state index contributed by atoms with van der Waals surface area (Å²) in [5.41, 5.74) is 1.61. The smallest absolute Gasteiger partial charge is 0.315 e. The van der Waals surface area contributed by atoms with E-state index in [-0.39, 0.29) is 24.8 Å². The number of aromatic nitrogens is 5. The first kappa shape index (κ1) is 28.9. The van der Waals surface area contributed by atoms with E-state index in [0.717, 1.165) is 18.4 Å². The Hall–Kier alpha value is -4.61. The number of fused-ring (bicyclic) bond motifs is 1. The van der Waals surface area contributed by atoms with Crippen molar-refractivity contribution in [3.05, 3.63) is 53.7 Å². The van der Waals surface area contributed by atoms with Crippen molar-refractivity contribution in [2.24, 2.45) is 5.92 Å². The molecule has 0 aliphatic heterocycles. The van der Waals surface area contributed by atoms with E-state index in [2.05, 4.69) is 42.3 Å². The summed E-state index contributed by atoms with van der Waals surface area (Å²) in [4.78, 5) is 17.6. The number of nitrogens with one attached hydrogen (secondary N) is 3. The molecule has 13 nitrogen and oxygen atoms in total. The average Bonchev–Trinajstić information content (AvgIpc) is 3.58. The summed E-state index contributed by atoms with van der Waals surface area (Å²) in [6.07, 6.45) is 2.91. The van der Waals surface area contributed by atoms with E-state index in [1.54, 1.807) is 23.8 Å². The number of nitrogens with zero attached hydrogens (tertiary/aromatic N) is 6. The second-order valence-electron chi connectivity index (χ2n) is 10.9. The average molecular weight is 578 g/mol. The van der Waals surface area contributed by atoms with Crippen LogP contribution in [0.3, 0.4) is 0 Å². The summed E-state index contributed by atoms with van der Waals surface area (Å²) < 4.78 is 26.5. The molecule has 4 heterocycles. The highest BCUT2D eigenvalue weighted by Crippen LogP contribution is 2.33. The number of carbonyl (C=O) groups is 1. The summed E-state index contributed by atoms with van der Waals surface area (Å²) in [6, 6.07) is 9.66. The third kappa shape index (κ3) is 6.48. The Kier molecular flexibility index (Phi) is 8.32. The quantitative estimate of drug-likeness (QED) is 0.195. The molecule has 0 bridgehead atoms. The Morgan fingerprint density at radius 2 is 2.12 bits per heavy atom. The maximum atomic E-state index is 14.3. The van der Waals surface area contributed by atoms with Gasteiger partial charge < -0.3 is 30.2 Å². The van der Waals surface area contributed by atoms with E-state index in [4.69, 9.17) is 9.15 Å². The van der Waals surface area contributed by atoms with E-state index >= 15 is 0 Å². The fourth-order valence-electron chi connectivity index (χ4n) is 4.66. The number of anilines is 2. The number of hydrogen-bond acceptors (Lipinski definition) is 11. The predicted octanol–water partition coefficient (Wildman–Crippen LogP) is 2.94. The van der Waals surface area contributed by atoms with Crippen LogP contribution in [-0.4, -0.2) is 73.8 Å². The van der Waals surface area contributed by atoms with Gasteiger partial charge in [-0.1, -0.05) is 5.10 Å². The second kappa shape index (κ2) is 12.1. The maximum absolute atomic E-state index is 14.3. The molecule has 4 aromatic rings. The molecule has 5 rings (SSSR count). The summed E-state index contributed by atoms with van der Waals surface area (Å²) in [5, 5.41) is 40.5. The highest BCUT2D eigenvalue weighted by atomic mass is 19.1. The molecule has 0 unspecified atom stereocenters. The van der Waals surface area contributed by atoms with Gasteiger partial charge in [-0.2, -0.15) is 10.4 Å². The van der Waals surface area contributed by atoms with Crippen LogP contribution in [0.4, 0.5) is 16.1 Å². The van der Waals surface area contributed by atoms with Crippen molar-refractivity contribution in [1.82, 2.24) is 30.1 Å². The van der Waals surface area contributed by atoms with Gasteiger partial charge in [-0.25, -0.2) is 8.91 Å². The van der Waals surface area contributed by atoms with Gasteiger partial charge in [0, 0.05) is 25.9 Å². The van der Waals surface area contributed by atoms with Gasteiger partial charge in [-0.15, -0.1) is 5.10 Å². The molecule has 0 saturated heterocycles. The van der Waals surface area contributed by atoms with Crippen LogP contribution in [0.1, 0.15) is 48.5 Å². The van der Waals surface area contributed by atoms with Gasteiger partial charge in [-0.3, -0.25) is 9.78 Å². The molecule has 1 fully saturated rings.